The third-order valence-corrected chi connectivity index (χ3v) is 1.59. The first-order valence-electron chi connectivity index (χ1n) is 3.52. The van der Waals surface area contributed by atoms with Crippen LogP contribution in [-0.2, 0) is 12.3 Å². The van der Waals surface area contributed by atoms with Crippen LogP contribution < -0.4 is 0 Å². The molecule has 0 radical (unpaired) electrons. The van der Waals surface area contributed by atoms with Crippen LogP contribution >= 0.6 is 0 Å². The summed E-state index contributed by atoms with van der Waals surface area (Å²) in [7, 11) is 0. The van der Waals surface area contributed by atoms with Crippen LogP contribution in [0, 0.1) is 0 Å². The second-order valence-corrected chi connectivity index (χ2v) is 2.49. The van der Waals surface area contributed by atoms with Crippen molar-refractivity contribution in [3.8, 4) is 0 Å². The second-order valence-electron chi connectivity index (χ2n) is 2.02. The van der Waals surface area contributed by atoms with Gasteiger partial charge in [0.2, 0.25) is 0 Å². The zero-order valence-corrected chi connectivity index (χ0v) is 7.66. The molecule has 0 N–H and O–H groups in total. The topological polar surface area (TPSA) is 35.5 Å². The van der Waals surface area contributed by atoms with Crippen molar-refractivity contribution in [3.05, 3.63) is 0 Å². The van der Waals surface area contributed by atoms with Gasteiger partial charge in [-0.1, -0.05) is 0 Å². The summed E-state index contributed by atoms with van der Waals surface area (Å²) in [6.45, 7) is 4.53. The van der Waals surface area contributed by atoms with Gasteiger partial charge in [-0.2, -0.15) is 0 Å². The van der Waals surface area contributed by atoms with E-state index in [2.05, 4.69) is 6.92 Å². The normalized spacial score (nSPS) is 12.2. The molecule has 0 aromatic heterocycles. The van der Waals surface area contributed by atoms with Crippen molar-refractivity contribution in [2.45, 2.75) is 33.0 Å². The summed E-state index contributed by atoms with van der Waals surface area (Å²) in [5, 5.41) is 0. The van der Waals surface area contributed by atoms with E-state index in [4.69, 9.17) is 8.53 Å². The van der Waals surface area contributed by atoms with E-state index in [1.165, 1.54) is 0 Å². The van der Waals surface area contributed by atoms with Crippen LogP contribution in [0.1, 0.15) is 26.7 Å². The summed E-state index contributed by atoms with van der Waals surface area (Å²) >= 11 is -1.13. The first kappa shape index (κ1) is 10.1. The molecule has 0 saturated heterocycles. The Morgan fingerprint density at radius 1 is 1.60 bits per heavy atom. The van der Waals surface area contributed by atoms with Crippen molar-refractivity contribution in [3.63, 3.8) is 0 Å². The Morgan fingerprint density at radius 2 is 2.30 bits per heavy atom. The van der Waals surface area contributed by atoms with Gasteiger partial charge in [-0.05, 0) is 0 Å². The van der Waals surface area contributed by atoms with Crippen molar-refractivity contribution >= 4 is 15.5 Å². The van der Waals surface area contributed by atoms with Gasteiger partial charge in [0, 0.05) is 0 Å². The monoisotopic (exact) mass is 160 g/mol. The molecular formula is C6H13AlO3. The van der Waals surface area contributed by atoms with Gasteiger partial charge in [0.05, 0.1) is 0 Å². The molecule has 0 aromatic carbocycles. The van der Waals surface area contributed by atoms with E-state index >= 15 is 0 Å². The zero-order chi connectivity index (χ0) is 7.82. The molecule has 58 valence electrons. The van der Waals surface area contributed by atoms with E-state index in [1.54, 1.807) is 6.92 Å². The molecule has 0 fully saturated rings. The van der Waals surface area contributed by atoms with Crippen LogP contribution in [0.2, 0.25) is 0 Å². The van der Waals surface area contributed by atoms with Crippen LogP contribution in [0.3, 0.4) is 0 Å². The summed E-state index contributed by atoms with van der Waals surface area (Å²) in [6.07, 6.45) is 1.83. The average Bonchev–Trinajstić information content (AvgIpc) is 1.89. The fraction of sp³-hybridized carbons (Fsp3) is 1.00. The van der Waals surface area contributed by atoms with E-state index in [0.717, 1.165) is 12.8 Å². The zero-order valence-electron chi connectivity index (χ0n) is 6.50. The van der Waals surface area contributed by atoms with Gasteiger partial charge >= 0.3 is 67.4 Å². The number of hydrogen-bond donors (Lipinski definition) is 0. The van der Waals surface area contributed by atoms with Gasteiger partial charge in [-0.15, -0.1) is 0 Å². The van der Waals surface area contributed by atoms with Crippen LogP contribution in [0.5, 0.6) is 0 Å². The molecule has 0 aliphatic rings. The van der Waals surface area contributed by atoms with Gasteiger partial charge in [0.15, 0.2) is 0 Å². The van der Waals surface area contributed by atoms with Gasteiger partial charge in [0.1, 0.15) is 0 Å². The summed E-state index contributed by atoms with van der Waals surface area (Å²) < 4.78 is 19.8. The maximum atomic E-state index is 9.95. The van der Waals surface area contributed by atoms with Crippen molar-refractivity contribution < 1.29 is 12.3 Å². The van der Waals surface area contributed by atoms with Crippen LogP contribution in [0.4, 0.5) is 0 Å². The van der Waals surface area contributed by atoms with Gasteiger partial charge in [-0.25, -0.2) is 0 Å². The SMILES string of the molecule is CCCCOC(C)[O][Al]=[O]. The molecular weight excluding hydrogens is 147 g/mol. The number of hydrogen-bond acceptors (Lipinski definition) is 3. The summed E-state index contributed by atoms with van der Waals surface area (Å²) in [4.78, 5) is 0. The fourth-order valence-corrected chi connectivity index (χ4v) is 0.746. The first-order valence-corrected chi connectivity index (χ1v) is 4.46. The number of unbranched alkanes of at least 4 members (excludes halogenated alkanes) is 1. The molecule has 0 rings (SSSR count). The molecule has 4 heteroatoms. The first-order chi connectivity index (χ1) is 4.81. The molecule has 0 aliphatic heterocycles. The Labute approximate surface area is 68.0 Å². The molecule has 0 aliphatic carbocycles. The minimum absolute atomic E-state index is 0.306. The summed E-state index contributed by atoms with van der Waals surface area (Å²) in [5.74, 6) is 0. The quantitative estimate of drug-likeness (QED) is 0.332. The Bertz CT molecular complexity index is 87.1. The molecule has 3 nitrogen and oxygen atoms in total. The Kier molecular flexibility index (Phi) is 7.27. The Morgan fingerprint density at radius 3 is 2.80 bits per heavy atom. The number of rotatable bonds is 6. The summed E-state index contributed by atoms with van der Waals surface area (Å²) in [6, 6.07) is 0. The molecule has 0 aromatic rings. The molecule has 1 atom stereocenters. The Balaban J connectivity index is 3.04. The van der Waals surface area contributed by atoms with Gasteiger partial charge in [-0.3, -0.25) is 0 Å². The van der Waals surface area contributed by atoms with Crippen molar-refractivity contribution in [2.75, 3.05) is 6.61 Å². The van der Waals surface area contributed by atoms with Crippen molar-refractivity contribution in [1.29, 1.82) is 0 Å². The maximum absolute atomic E-state index is 9.95. The van der Waals surface area contributed by atoms with Gasteiger partial charge < -0.3 is 0 Å². The summed E-state index contributed by atoms with van der Waals surface area (Å²) in [5.41, 5.74) is 0. The average molecular weight is 160 g/mol. The third kappa shape index (κ3) is 6.22. The van der Waals surface area contributed by atoms with Crippen molar-refractivity contribution in [2.24, 2.45) is 0 Å². The Hall–Kier alpha value is 0.0925. The standard InChI is InChI=1S/C6H13O2.Al.O/c1-3-4-5-8-6(2)7;;/h6H,3-5H2,1-2H3;;/q-1;+1;. The molecule has 0 saturated carbocycles. The molecule has 10 heavy (non-hydrogen) atoms. The van der Waals surface area contributed by atoms with E-state index in [-0.39, 0.29) is 6.29 Å². The predicted molar refractivity (Wildman–Crippen MR) is 37.8 cm³/mol. The molecule has 0 bridgehead atoms. The van der Waals surface area contributed by atoms with Crippen LogP contribution in [0.25, 0.3) is 0 Å². The minimum atomic E-state index is -1.13. The molecule has 1 unspecified atom stereocenters. The van der Waals surface area contributed by atoms with Crippen LogP contribution in [-0.4, -0.2) is 28.4 Å². The van der Waals surface area contributed by atoms with E-state index < -0.39 is 15.5 Å². The van der Waals surface area contributed by atoms with Crippen LogP contribution in [0.15, 0.2) is 0 Å². The van der Waals surface area contributed by atoms with E-state index in [9.17, 15) is 3.80 Å². The molecule has 0 spiro atoms. The number of ether oxygens (including phenoxy) is 1. The third-order valence-electron chi connectivity index (χ3n) is 1.10. The van der Waals surface area contributed by atoms with Gasteiger partial charge in [0.25, 0.3) is 0 Å². The fourth-order valence-electron chi connectivity index (χ4n) is 0.511. The van der Waals surface area contributed by atoms with E-state index in [1.807, 2.05) is 0 Å². The molecule has 0 heterocycles. The van der Waals surface area contributed by atoms with Crippen molar-refractivity contribution in [1.82, 2.24) is 0 Å². The molecule has 0 amide bonds. The predicted octanol–water partition coefficient (Wildman–Crippen LogP) is 1.13. The second kappa shape index (κ2) is 7.20. The van der Waals surface area contributed by atoms with E-state index in [0.29, 0.717) is 6.61 Å².